The predicted octanol–water partition coefficient (Wildman–Crippen LogP) is 16.9. The highest BCUT2D eigenvalue weighted by atomic mass is 16.5. The van der Waals surface area contributed by atoms with Crippen molar-refractivity contribution >= 4 is 11.9 Å². The highest BCUT2D eigenvalue weighted by molar-refractivity contribution is 5.76. The Bertz CT molecular complexity index is 924. The Morgan fingerprint density at radius 2 is 0.774 bits per heavy atom. The van der Waals surface area contributed by atoms with E-state index in [1.165, 1.54) is 231 Å². The molecular formula is C56H109NO5. The molecule has 0 aromatic rings. The fourth-order valence-electron chi connectivity index (χ4n) is 8.74. The lowest BCUT2D eigenvalue weighted by Crippen LogP contribution is -2.45. The smallest absolute Gasteiger partial charge is 0.305 e. The SMILES string of the molecule is CCCC/C=C\CCCCCCCC(=O)OCCCCCCCCCCCCCCCCCCCCCCC(=O)NC(CO)C(O)CCCCCCCCCCCCCCCC. The van der Waals surface area contributed by atoms with Gasteiger partial charge in [0, 0.05) is 12.8 Å². The molecule has 62 heavy (non-hydrogen) atoms. The molecule has 0 saturated heterocycles. The van der Waals surface area contributed by atoms with Gasteiger partial charge in [-0.3, -0.25) is 9.59 Å². The van der Waals surface area contributed by atoms with Crippen LogP contribution in [-0.4, -0.2) is 47.4 Å². The third-order valence-corrected chi connectivity index (χ3v) is 13.1. The van der Waals surface area contributed by atoms with Crippen LogP contribution in [-0.2, 0) is 14.3 Å². The van der Waals surface area contributed by atoms with E-state index < -0.39 is 12.1 Å². The molecule has 0 aliphatic heterocycles. The number of aliphatic hydroxyl groups excluding tert-OH is 2. The minimum absolute atomic E-state index is 0.000193. The second-order valence-corrected chi connectivity index (χ2v) is 19.3. The second kappa shape index (κ2) is 52.2. The molecule has 0 rings (SSSR count). The van der Waals surface area contributed by atoms with Crippen LogP contribution in [0.25, 0.3) is 0 Å². The maximum Gasteiger partial charge on any atom is 0.305 e. The third-order valence-electron chi connectivity index (χ3n) is 13.1. The first-order chi connectivity index (χ1) is 30.5. The minimum Gasteiger partial charge on any atom is -0.466 e. The van der Waals surface area contributed by atoms with Gasteiger partial charge in [-0.15, -0.1) is 0 Å². The Kier molecular flexibility index (Phi) is 51.0. The molecule has 368 valence electrons. The van der Waals surface area contributed by atoms with Gasteiger partial charge >= 0.3 is 5.97 Å². The summed E-state index contributed by atoms with van der Waals surface area (Å²) in [6.45, 7) is 4.92. The molecule has 1 amide bonds. The number of carbonyl (C=O) groups excluding carboxylic acids is 2. The molecule has 2 unspecified atom stereocenters. The molecule has 0 radical (unpaired) electrons. The van der Waals surface area contributed by atoms with Crippen molar-refractivity contribution in [2.75, 3.05) is 13.2 Å². The van der Waals surface area contributed by atoms with Gasteiger partial charge in [-0.05, 0) is 44.9 Å². The van der Waals surface area contributed by atoms with E-state index in [1.807, 2.05) is 0 Å². The average Bonchev–Trinajstić information content (AvgIpc) is 3.27. The van der Waals surface area contributed by atoms with Crippen LogP contribution in [0.2, 0.25) is 0 Å². The quantitative estimate of drug-likeness (QED) is 0.0321. The van der Waals surface area contributed by atoms with Crippen LogP contribution >= 0.6 is 0 Å². The van der Waals surface area contributed by atoms with Crippen molar-refractivity contribution in [1.29, 1.82) is 0 Å². The molecule has 0 aromatic carbocycles. The lowest BCUT2D eigenvalue weighted by molar-refractivity contribution is -0.143. The Morgan fingerprint density at radius 3 is 1.19 bits per heavy atom. The summed E-state index contributed by atoms with van der Waals surface area (Å²) in [5, 5.41) is 23.2. The van der Waals surface area contributed by atoms with E-state index in [4.69, 9.17) is 4.74 Å². The van der Waals surface area contributed by atoms with Crippen molar-refractivity contribution in [1.82, 2.24) is 5.32 Å². The normalized spacial score (nSPS) is 12.6. The van der Waals surface area contributed by atoms with Crippen LogP contribution in [0.15, 0.2) is 12.2 Å². The van der Waals surface area contributed by atoms with Gasteiger partial charge in [0.25, 0.3) is 0 Å². The lowest BCUT2D eigenvalue weighted by atomic mass is 10.0. The summed E-state index contributed by atoms with van der Waals surface area (Å²) < 4.78 is 5.45. The van der Waals surface area contributed by atoms with Crippen LogP contribution in [0.1, 0.15) is 309 Å². The highest BCUT2D eigenvalue weighted by Crippen LogP contribution is 2.17. The first-order valence-electron chi connectivity index (χ1n) is 27.9. The van der Waals surface area contributed by atoms with Crippen molar-refractivity contribution in [3.63, 3.8) is 0 Å². The first-order valence-corrected chi connectivity index (χ1v) is 27.9. The van der Waals surface area contributed by atoms with Gasteiger partial charge in [0.2, 0.25) is 5.91 Å². The zero-order valence-corrected chi connectivity index (χ0v) is 41.9. The van der Waals surface area contributed by atoms with Crippen LogP contribution in [0.5, 0.6) is 0 Å². The summed E-state index contributed by atoms with van der Waals surface area (Å²) >= 11 is 0. The highest BCUT2D eigenvalue weighted by Gasteiger charge is 2.20. The topological polar surface area (TPSA) is 95.9 Å². The van der Waals surface area contributed by atoms with E-state index >= 15 is 0 Å². The zero-order chi connectivity index (χ0) is 45.1. The molecule has 2 atom stereocenters. The van der Waals surface area contributed by atoms with Gasteiger partial charge in [0.05, 0.1) is 25.4 Å². The Morgan fingerprint density at radius 1 is 0.435 bits per heavy atom. The van der Waals surface area contributed by atoms with E-state index in [0.29, 0.717) is 25.9 Å². The number of allylic oxidation sites excluding steroid dienone is 2. The zero-order valence-electron chi connectivity index (χ0n) is 41.9. The van der Waals surface area contributed by atoms with Crippen molar-refractivity contribution in [2.45, 2.75) is 321 Å². The van der Waals surface area contributed by atoms with Gasteiger partial charge in [-0.1, -0.05) is 264 Å². The van der Waals surface area contributed by atoms with Crippen molar-refractivity contribution in [2.24, 2.45) is 0 Å². The van der Waals surface area contributed by atoms with Crippen molar-refractivity contribution in [3.8, 4) is 0 Å². The predicted molar refractivity (Wildman–Crippen MR) is 269 cm³/mol. The maximum absolute atomic E-state index is 12.5. The molecule has 3 N–H and O–H groups in total. The number of rotatable bonds is 52. The van der Waals surface area contributed by atoms with Gasteiger partial charge in [0.15, 0.2) is 0 Å². The molecule has 0 saturated carbocycles. The van der Waals surface area contributed by atoms with E-state index in [0.717, 1.165) is 44.9 Å². The molecule has 0 bridgehead atoms. The first kappa shape index (κ1) is 60.6. The van der Waals surface area contributed by atoms with Crippen molar-refractivity contribution in [3.05, 3.63) is 12.2 Å². The number of nitrogens with one attached hydrogen (secondary N) is 1. The summed E-state index contributed by atoms with van der Waals surface area (Å²) in [6.07, 6.45) is 60.5. The summed E-state index contributed by atoms with van der Waals surface area (Å²) in [7, 11) is 0. The van der Waals surface area contributed by atoms with Crippen LogP contribution in [0, 0.1) is 0 Å². The summed E-state index contributed by atoms with van der Waals surface area (Å²) in [4.78, 5) is 24.4. The molecule has 0 spiro atoms. The van der Waals surface area contributed by atoms with Gasteiger partial charge < -0.3 is 20.3 Å². The molecule has 0 heterocycles. The third kappa shape index (κ3) is 48.1. The van der Waals surface area contributed by atoms with Crippen LogP contribution in [0.4, 0.5) is 0 Å². The number of amides is 1. The molecule has 0 aromatic heterocycles. The number of hydrogen-bond donors (Lipinski definition) is 3. The molecule has 0 aliphatic carbocycles. The van der Waals surface area contributed by atoms with Crippen LogP contribution in [0.3, 0.4) is 0 Å². The fraction of sp³-hybridized carbons (Fsp3) is 0.929. The molecule has 0 aliphatic rings. The van der Waals surface area contributed by atoms with E-state index in [9.17, 15) is 19.8 Å². The Labute approximate surface area is 387 Å². The molecular weight excluding hydrogens is 767 g/mol. The standard InChI is InChI=1S/C56H109NO5/c1-3-5-7-9-11-13-15-16-25-29-32-36-40-44-48-54(59)53(52-58)57-55(60)49-45-41-37-33-30-26-23-21-19-17-18-20-22-24-27-31-35-39-43-47-51-62-56(61)50-46-42-38-34-28-14-12-10-8-6-4-2/h10,12,53-54,58-59H,3-9,11,13-52H2,1-2H3,(H,57,60)/b12-10-. The number of carbonyl (C=O) groups is 2. The number of aliphatic hydroxyl groups is 2. The Hall–Kier alpha value is -1.40. The Balaban J connectivity index is 3.39. The summed E-state index contributed by atoms with van der Waals surface area (Å²) in [5.74, 6) is -0.0358. The van der Waals surface area contributed by atoms with Crippen molar-refractivity contribution < 1.29 is 24.5 Å². The second-order valence-electron chi connectivity index (χ2n) is 19.3. The minimum atomic E-state index is -0.664. The summed E-state index contributed by atoms with van der Waals surface area (Å²) in [5.41, 5.74) is 0. The number of hydrogen-bond acceptors (Lipinski definition) is 5. The van der Waals surface area contributed by atoms with E-state index in [1.54, 1.807) is 0 Å². The lowest BCUT2D eigenvalue weighted by Gasteiger charge is -2.22. The number of ether oxygens (including phenoxy) is 1. The molecule has 6 nitrogen and oxygen atoms in total. The van der Waals surface area contributed by atoms with Gasteiger partial charge in [-0.25, -0.2) is 0 Å². The maximum atomic E-state index is 12.5. The molecule has 6 heteroatoms. The fourth-order valence-corrected chi connectivity index (χ4v) is 8.74. The monoisotopic (exact) mass is 876 g/mol. The number of esters is 1. The summed E-state index contributed by atoms with van der Waals surface area (Å²) in [6, 6.07) is -0.541. The van der Waals surface area contributed by atoms with Gasteiger partial charge in [0.1, 0.15) is 0 Å². The average molecular weight is 876 g/mol. The van der Waals surface area contributed by atoms with Crippen LogP contribution < -0.4 is 5.32 Å². The van der Waals surface area contributed by atoms with Gasteiger partial charge in [-0.2, -0.15) is 0 Å². The molecule has 0 fully saturated rings. The number of unbranched alkanes of at least 4 members (excludes halogenated alkanes) is 39. The van der Waals surface area contributed by atoms with E-state index in [-0.39, 0.29) is 18.5 Å². The van der Waals surface area contributed by atoms with E-state index in [2.05, 4.69) is 31.3 Å². The largest absolute Gasteiger partial charge is 0.466 e.